The average Bonchev–Trinajstić information content (AvgIpc) is 2.36. The van der Waals surface area contributed by atoms with Gasteiger partial charge in [-0.25, -0.2) is 4.79 Å². The molecule has 1 aromatic rings. The van der Waals surface area contributed by atoms with E-state index in [1.54, 1.807) is 43.1 Å². The van der Waals surface area contributed by atoms with Gasteiger partial charge in [-0.05, 0) is 18.2 Å². The second-order valence-corrected chi connectivity index (χ2v) is 7.04. The number of nitrogens with one attached hydrogen (secondary N) is 3. The molecule has 0 aliphatic carbocycles. The van der Waals surface area contributed by atoms with E-state index >= 15 is 0 Å². The molecule has 5 nitrogen and oxygen atoms in total. The molecule has 0 aromatic heterocycles. The quantitative estimate of drug-likeness (QED) is 0.800. The summed E-state index contributed by atoms with van der Waals surface area (Å²) in [5.41, 5.74) is 1.30. The molecule has 20 heavy (non-hydrogen) atoms. The van der Waals surface area contributed by atoms with Crippen LogP contribution in [0.2, 0.25) is 0 Å². The summed E-state index contributed by atoms with van der Waals surface area (Å²) in [6.45, 7) is 6.20. The number of thioether (sulfide) groups is 1. The Morgan fingerprint density at radius 3 is 2.30 bits per heavy atom. The molecule has 0 aliphatic heterocycles. The van der Waals surface area contributed by atoms with Crippen LogP contribution in [0, 0.1) is 0 Å². The van der Waals surface area contributed by atoms with Crippen molar-refractivity contribution in [1.29, 1.82) is 0 Å². The van der Waals surface area contributed by atoms with Gasteiger partial charge in [-0.1, -0.05) is 26.8 Å². The predicted octanol–water partition coefficient (Wildman–Crippen LogP) is 2.91. The maximum atomic E-state index is 11.8. The highest BCUT2D eigenvalue weighted by Gasteiger charge is 2.13. The van der Waals surface area contributed by atoms with Gasteiger partial charge in [-0.15, -0.1) is 11.8 Å². The zero-order chi connectivity index (χ0) is 15.2. The smallest absolute Gasteiger partial charge is 0.318 e. The Bertz CT molecular complexity index is 484. The van der Waals surface area contributed by atoms with Crippen molar-refractivity contribution in [3.05, 3.63) is 24.3 Å². The van der Waals surface area contributed by atoms with Gasteiger partial charge in [0, 0.05) is 23.2 Å². The second kappa shape index (κ2) is 7.19. The number of hydrogen-bond acceptors (Lipinski definition) is 3. The molecule has 1 rings (SSSR count). The maximum absolute atomic E-state index is 11.8. The minimum Gasteiger partial charge on any atom is -0.341 e. The summed E-state index contributed by atoms with van der Waals surface area (Å²) in [6, 6.07) is 6.74. The lowest BCUT2D eigenvalue weighted by Crippen LogP contribution is -2.24. The predicted molar refractivity (Wildman–Crippen MR) is 85.4 cm³/mol. The summed E-state index contributed by atoms with van der Waals surface area (Å²) < 4.78 is 0.0555. The van der Waals surface area contributed by atoms with E-state index in [1.807, 2.05) is 0 Å². The number of anilines is 2. The Hall–Kier alpha value is -1.69. The van der Waals surface area contributed by atoms with Crippen LogP contribution in [0.3, 0.4) is 0 Å². The fourth-order valence-electron chi connectivity index (χ4n) is 1.35. The van der Waals surface area contributed by atoms with E-state index in [0.717, 1.165) is 0 Å². The minimum absolute atomic E-state index is 0.0537. The van der Waals surface area contributed by atoms with Gasteiger partial charge in [0.2, 0.25) is 5.91 Å². The minimum atomic E-state index is -0.295. The topological polar surface area (TPSA) is 70.2 Å². The van der Waals surface area contributed by atoms with Crippen molar-refractivity contribution >= 4 is 35.1 Å². The number of amides is 3. The molecule has 3 amide bonds. The van der Waals surface area contributed by atoms with Gasteiger partial charge in [0.15, 0.2) is 0 Å². The molecule has 0 atom stereocenters. The monoisotopic (exact) mass is 295 g/mol. The molecule has 0 saturated carbocycles. The number of hydrogen-bond donors (Lipinski definition) is 3. The van der Waals surface area contributed by atoms with Crippen molar-refractivity contribution in [1.82, 2.24) is 5.32 Å². The first-order chi connectivity index (χ1) is 9.30. The largest absolute Gasteiger partial charge is 0.341 e. The van der Waals surface area contributed by atoms with Crippen LogP contribution in [0.25, 0.3) is 0 Å². The molecule has 0 saturated heterocycles. The van der Waals surface area contributed by atoms with Crippen LogP contribution < -0.4 is 16.0 Å². The first kappa shape index (κ1) is 16.4. The Morgan fingerprint density at radius 2 is 1.75 bits per heavy atom. The fraction of sp³-hybridized carbons (Fsp3) is 0.429. The molecule has 0 unspecified atom stereocenters. The van der Waals surface area contributed by atoms with Crippen molar-refractivity contribution in [3.8, 4) is 0 Å². The van der Waals surface area contributed by atoms with E-state index in [0.29, 0.717) is 17.1 Å². The Morgan fingerprint density at radius 1 is 1.15 bits per heavy atom. The number of carbonyl (C=O) groups is 2. The first-order valence-electron chi connectivity index (χ1n) is 6.33. The lowest BCUT2D eigenvalue weighted by atomic mass is 10.2. The number of carbonyl (C=O) groups excluding carboxylic acids is 2. The van der Waals surface area contributed by atoms with Crippen molar-refractivity contribution in [2.24, 2.45) is 0 Å². The summed E-state index contributed by atoms with van der Waals surface area (Å²) in [6.07, 6.45) is 0. The van der Waals surface area contributed by atoms with Crippen molar-refractivity contribution < 1.29 is 9.59 Å². The van der Waals surface area contributed by atoms with Gasteiger partial charge < -0.3 is 16.0 Å². The van der Waals surface area contributed by atoms with Crippen LogP contribution in [0.5, 0.6) is 0 Å². The highest BCUT2D eigenvalue weighted by Crippen LogP contribution is 2.23. The summed E-state index contributed by atoms with van der Waals surface area (Å²) in [5, 5.41) is 7.94. The standard InChI is InChI=1S/C14H21N3O2S/c1-14(2,3)20-9-12(18)16-10-6-5-7-11(8-10)17-13(19)15-4/h5-8H,9H2,1-4H3,(H,16,18)(H2,15,17,19). The van der Waals surface area contributed by atoms with Crippen LogP contribution in [0.4, 0.5) is 16.2 Å². The van der Waals surface area contributed by atoms with Crippen molar-refractivity contribution in [3.63, 3.8) is 0 Å². The Kier molecular flexibility index (Phi) is 5.88. The van der Waals surface area contributed by atoms with Crippen LogP contribution in [0.1, 0.15) is 20.8 Å². The van der Waals surface area contributed by atoms with Crippen LogP contribution in [0.15, 0.2) is 24.3 Å². The van der Waals surface area contributed by atoms with E-state index in [9.17, 15) is 9.59 Å². The fourth-order valence-corrected chi connectivity index (χ4v) is 1.98. The van der Waals surface area contributed by atoms with Crippen molar-refractivity contribution in [2.45, 2.75) is 25.5 Å². The van der Waals surface area contributed by atoms with Crippen LogP contribution in [-0.4, -0.2) is 29.5 Å². The molecular weight excluding hydrogens is 274 g/mol. The normalized spacial score (nSPS) is 10.8. The first-order valence-corrected chi connectivity index (χ1v) is 7.31. The third-order valence-electron chi connectivity index (χ3n) is 2.27. The lowest BCUT2D eigenvalue weighted by Gasteiger charge is -2.17. The number of rotatable bonds is 4. The van der Waals surface area contributed by atoms with Gasteiger partial charge in [0.05, 0.1) is 5.75 Å². The summed E-state index contributed by atoms with van der Waals surface area (Å²) in [5.74, 6) is 0.346. The van der Waals surface area contributed by atoms with Crippen molar-refractivity contribution in [2.75, 3.05) is 23.4 Å². The van der Waals surface area contributed by atoms with E-state index < -0.39 is 0 Å². The van der Waals surface area contributed by atoms with E-state index in [-0.39, 0.29) is 16.7 Å². The van der Waals surface area contributed by atoms with Gasteiger partial charge in [0.25, 0.3) is 0 Å². The third-order valence-corrected chi connectivity index (χ3v) is 3.54. The second-order valence-electron chi connectivity index (χ2n) is 5.23. The average molecular weight is 295 g/mol. The Balaban J connectivity index is 2.57. The summed E-state index contributed by atoms with van der Waals surface area (Å²) >= 11 is 1.59. The molecule has 0 radical (unpaired) electrons. The van der Waals surface area contributed by atoms with E-state index in [1.165, 1.54) is 0 Å². The maximum Gasteiger partial charge on any atom is 0.318 e. The van der Waals surface area contributed by atoms with Crippen LogP contribution >= 0.6 is 11.8 Å². The molecule has 1 aromatic carbocycles. The molecule has 110 valence electrons. The number of benzene rings is 1. The molecule has 0 heterocycles. The molecule has 0 aliphatic rings. The highest BCUT2D eigenvalue weighted by molar-refractivity contribution is 8.01. The third kappa shape index (κ3) is 6.47. The lowest BCUT2D eigenvalue weighted by molar-refractivity contribution is -0.113. The molecule has 6 heteroatoms. The van der Waals surface area contributed by atoms with Gasteiger partial charge >= 0.3 is 6.03 Å². The summed E-state index contributed by atoms with van der Waals surface area (Å²) in [7, 11) is 1.55. The van der Waals surface area contributed by atoms with E-state index in [2.05, 4.69) is 36.7 Å². The molecule has 0 spiro atoms. The highest BCUT2D eigenvalue weighted by atomic mass is 32.2. The summed E-state index contributed by atoms with van der Waals surface area (Å²) in [4.78, 5) is 23.0. The number of urea groups is 1. The zero-order valence-electron chi connectivity index (χ0n) is 12.2. The Labute approximate surface area is 123 Å². The van der Waals surface area contributed by atoms with E-state index in [4.69, 9.17) is 0 Å². The van der Waals surface area contributed by atoms with Gasteiger partial charge in [-0.3, -0.25) is 4.79 Å². The van der Waals surface area contributed by atoms with Crippen LogP contribution in [-0.2, 0) is 4.79 Å². The zero-order valence-corrected chi connectivity index (χ0v) is 13.1. The molecule has 3 N–H and O–H groups in total. The van der Waals surface area contributed by atoms with Gasteiger partial charge in [-0.2, -0.15) is 0 Å². The molecule has 0 bridgehead atoms. The molecule has 0 fully saturated rings. The SMILES string of the molecule is CNC(=O)Nc1cccc(NC(=O)CSC(C)(C)C)c1. The molecular formula is C14H21N3O2S. The van der Waals surface area contributed by atoms with Gasteiger partial charge in [0.1, 0.15) is 0 Å².